The quantitative estimate of drug-likeness (QED) is 0.181. The zero-order chi connectivity index (χ0) is 28.3. The first-order valence-electron chi connectivity index (χ1n) is 13.5. The van der Waals surface area contributed by atoms with E-state index in [0.717, 1.165) is 41.1 Å². The Labute approximate surface area is 238 Å². The number of carboxylic acids is 1. The summed E-state index contributed by atoms with van der Waals surface area (Å²) in [6.45, 7) is -0.00974. The van der Waals surface area contributed by atoms with Gasteiger partial charge in [0.25, 0.3) is 0 Å². The predicted molar refractivity (Wildman–Crippen MR) is 151 cm³/mol. The van der Waals surface area contributed by atoms with Crippen molar-refractivity contribution in [2.75, 3.05) is 11.1 Å². The standard InChI is InChI=1S/C29H36N4O6S/c1-33-19-30-32-29(33)40-18-24-16-25(21-10-8-20(17-34)9-11-21)39-28(38-24)22-12-14-23(15-13-22)31-26(35)6-4-2-3-5-7-27(36)37/h8-15,19,24-25,28,34H,2-7,16-18H2,1H3,(H,31,35)(H,36,37). The van der Waals surface area contributed by atoms with E-state index in [1.807, 2.05) is 60.1 Å². The summed E-state index contributed by atoms with van der Waals surface area (Å²) in [5, 5.41) is 29.9. The van der Waals surface area contributed by atoms with Crippen LogP contribution in [0.5, 0.6) is 0 Å². The van der Waals surface area contributed by atoms with Gasteiger partial charge in [-0.2, -0.15) is 0 Å². The van der Waals surface area contributed by atoms with Crippen molar-refractivity contribution in [1.82, 2.24) is 14.8 Å². The summed E-state index contributed by atoms with van der Waals surface area (Å²) in [4.78, 5) is 22.9. The fourth-order valence-electron chi connectivity index (χ4n) is 4.46. The summed E-state index contributed by atoms with van der Waals surface area (Å²) in [6, 6.07) is 15.3. The second-order valence-electron chi connectivity index (χ2n) is 9.86. The number of aromatic nitrogens is 3. The summed E-state index contributed by atoms with van der Waals surface area (Å²) in [7, 11) is 1.91. The fraction of sp³-hybridized carbons (Fsp3) is 0.448. The van der Waals surface area contributed by atoms with E-state index in [2.05, 4.69) is 15.5 Å². The zero-order valence-electron chi connectivity index (χ0n) is 22.6. The number of hydrogen-bond donors (Lipinski definition) is 3. The molecule has 2 aromatic carbocycles. The Morgan fingerprint density at radius 3 is 2.35 bits per heavy atom. The Bertz CT molecular complexity index is 1230. The van der Waals surface area contributed by atoms with Crippen LogP contribution in [0.1, 0.15) is 74.0 Å². The number of nitrogens with zero attached hydrogens (tertiary/aromatic N) is 3. The normalized spacial score (nSPS) is 18.9. The van der Waals surface area contributed by atoms with Gasteiger partial charge in [-0.15, -0.1) is 10.2 Å². The molecule has 1 fully saturated rings. The molecule has 0 saturated carbocycles. The number of aliphatic hydroxyl groups is 1. The molecule has 0 aliphatic carbocycles. The van der Waals surface area contributed by atoms with Crippen molar-refractivity contribution in [3.63, 3.8) is 0 Å². The van der Waals surface area contributed by atoms with Gasteiger partial charge < -0.3 is 29.6 Å². The van der Waals surface area contributed by atoms with E-state index in [9.17, 15) is 14.7 Å². The number of anilines is 1. The Morgan fingerprint density at radius 2 is 1.70 bits per heavy atom. The van der Waals surface area contributed by atoms with Gasteiger partial charge in [0.1, 0.15) is 6.33 Å². The van der Waals surface area contributed by atoms with E-state index in [1.165, 1.54) is 0 Å². The third-order valence-corrected chi connectivity index (χ3v) is 7.86. The Hall–Kier alpha value is -3.25. The van der Waals surface area contributed by atoms with E-state index < -0.39 is 12.3 Å². The lowest BCUT2D eigenvalue weighted by Gasteiger charge is -2.36. The molecule has 3 unspecified atom stereocenters. The molecule has 1 aliphatic heterocycles. The highest BCUT2D eigenvalue weighted by Gasteiger charge is 2.32. The summed E-state index contributed by atoms with van der Waals surface area (Å²) in [5.74, 6) is -0.167. The Balaban J connectivity index is 1.35. The van der Waals surface area contributed by atoms with Crippen LogP contribution in [0.3, 0.4) is 0 Å². The first-order chi connectivity index (χ1) is 19.4. The number of aryl methyl sites for hydroxylation is 1. The molecular weight excluding hydrogens is 532 g/mol. The third-order valence-electron chi connectivity index (χ3n) is 6.69. The number of unbranched alkanes of at least 4 members (excludes halogenated alkanes) is 3. The molecule has 3 atom stereocenters. The van der Waals surface area contributed by atoms with E-state index in [-0.39, 0.29) is 31.1 Å². The van der Waals surface area contributed by atoms with Crippen molar-refractivity contribution in [2.45, 2.75) is 75.2 Å². The molecule has 10 nitrogen and oxygen atoms in total. The molecule has 1 aliphatic rings. The number of rotatable bonds is 14. The minimum atomic E-state index is -0.784. The topological polar surface area (TPSA) is 136 Å². The van der Waals surface area contributed by atoms with Crippen molar-refractivity contribution in [1.29, 1.82) is 0 Å². The van der Waals surface area contributed by atoms with E-state index in [4.69, 9.17) is 14.6 Å². The average molecular weight is 569 g/mol. The van der Waals surface area contributed by atoms with E-state index >= 15 is 0 Å². The van der Waals surface area contributed by atoms with Crippen LogP contribution in [-0.4, -0.2) is 48.7 Å². The van der Waals surface area contributed by atoms with E-state index in [0.29, 0.717) is 30.7 Å². The van der Waals surface area contributed by atoms with Crippen molar-refractivity contribution in [3.05, 3.63) is 71.5 Å². The lowest BCUT2D eigenvalue weighted by Crippen LogP contribution is -2.31. The maximum atomic E-state index is 12.3. The van der Waals surface area contributed by atoms with Crippen LogP contribution >= 0.6 is 11.8 Å². The maximum Gasteiger partial charge on any atom is 0.303 e. The second-order valence-corrected chi connectivity index (χ2v) is 10.9. The number of carbonyl (C=O) groups excluding carboxylic acids is 1. The molecular formula is C29H36N4O6S. The lowest BCUT2D eigenvalue weighted by atomic mass is 10.0. The van der Waals surface area contributed by atoms with Crippen molar-refractivity contribution >= 4 is 29.3 Å². The smallest absolute Gasteiger partial charge is 0.303 e. The molecule has 40 heavy (non-hydrogen) atoms. The molecule has 1 aromatic heterocycles. The van der Waals surface area contributed by atoms with Crippen LogP contribution in [0.2, 0.25) is 0 Å². The molecule has 0 spiro atoms. The highest BCUT2D eigenvalue weighted by Crippen LogP contribution is 2.39. The van der Waals surface area contributed by atoms with Gasteiger partial charge in [0.05, 0.1) is 18.8 Å². The minimum absolute atomic E-state index is 0.00974. The summed E-state index contributed by atoms with van der Waals surface area (Å²) in [6.07, 6.45) is 5.03. The average Bonchev–Trinajstić information content (AvgIpc) is 3.38. The molecule has 4 rings (SSSR count). The van der Waals surface area contributed by atoms with Crippen molar-refractivity contribution in [3.8, 4) is 0 Å². The maximum absolute atomic E-state index is 12.3. The predicted octanol–water partition coefficient (Wildman–Crippen LogP) is 5.01. The highest BCUT2D eigenvalue weighted by molar-refractivity contribution is 7.99. The lowest BCUT2D eigenvalue weighted by molar-refractivity contribution is -0.245. The third kappa shape index (κ3) is 8.88. The van der Waals surface area contributed by atoms with Crippen LogP contribution < -0.4 is 5.32 Å². The van der Waals surface area contributed by atoms with Gasteiger partial charge in [0.15, 0.2) is 11.4 Å². The number of aliphatic hydroxyl groups excluding tert-OH is 1. The van der Waals surface area contributed by atoms with Gasteiger partial charge in [0.2, 0.25) is 5.91 Å². The van der Waals surface area contributed by atoms with E-state index in [1.54, 1.807) is 18.1 Å². The number of thioether (sulfide) groups is 1. The minimum Gasteiger partial charge on any atom is -0.481 e. The largest absolute Gasteiger partial charge is 0.481 e. The molecule has 214 valence electrons. The molecule has 3 N–H and O–H groups in total. The first-order valence-corrected chi connectivity index (χ1v) is 14.5. The van der Waals surface area contributed by atoms with Gasteiger partial charge >= 0.3 is 5.97 Å². The van der Waals surface area contributed by atoms with Gasteiger partial charge in [0, 0.05) is 43.3 Å². The fourth-order valence-corrected chi connectivity index (χ4v) is 5.36. The molecule has 2 heterocycles. The van der Waals surface area contributed by atoms with Gasteiger partial charge in [-0.05, 0) is 36.1 Å². The number of hydrogen-bond acceptors (Lipinski definition) is 8. The number of ether oxygens (including phenoxy) is 2. The number of nitrogens with one attached hydrogen (secondary N) is 1. The molecule has 0 bridgehead atoms. The summed E-state index contributed by atoms with van der Waals surface area (Å²) in [5.41, 5.74) is 3.41. The molecule has 3 aromatic rings. The van der Waals surface area contributed by atoms with Crippen LogP contribution in [0.4, 0.5) is 5.69 Å². The number of amides is 1. The summed E-state index contributed by atoms with van der Waals surface area (Å²) >= 11 is 1.58. The van der Waals surface area contributed by atoms with Crippen molar-refractivity contribution in [2.24, 2.45) is 7.05 Å². The number of carboxylic acid groups (broad SMARTS) is 1. The molecule has 1 amide bonds. The second kappa shape index (κ2) is 14.9. The van der Waals surface area contributed by atoms with Crippen LogP contribution in [0.15, 0.2) is 60.0 Å². The number of carbonyl (C=O) groups is 2. The first kappa shape index (κ1) is 29.7. The molecule has 11 heteroatoms. The van der Waals surface area contributed by atoms with Gasteiger partial charge in [-0.1, -0.05) is 61.0 Å². The SMILES string of the molecule is Cn1cnnc1SCC1CC(c2ccc(CO)cc2)OC(c2ccc(NC(=O)CCCCCCC(=O)O)cc2)O1. The molecule has 1 saturated heterocycles. The van der Waals surface area contributed by atoms with Crippen LogP contribution in [0.25, 0.3) is 0 Å². The Kier molecular flexibility index (Phi) is 11.1. The monoisotopic (exact) mass is 568 g/mol. The highest BCUT2D eigenvalue weighted by atomic mass is 32.2. The van der Waals surface area contributed by atoms with Crippen LogP contribution in [-0.2, 0) is 32.7 Å². The zero-order valence-corrected chi connectivity index (χ0v) is 23.4. The van der Waals surface area contributed by atoms with Crippen molar-refractivity contribution < 1.29 is 29.3 Å². The van der Waals surface area contributed by atoms with Crippen LogP contribution in [0, 0.1) is 0 Å². The molecule has 0 radical (unpaired) electrons. The van der Waals surface area contributed by atoms with Gasteiger partial charge in [-0.25, -0.2) is 0 Å². The van der Waals surface area contributed by atoms with Gasteiger partial charge in [-0.3, -0.25) is 9.59 Å². The number of benzene rings is 2. The number of aliphatic carboxylic acids is 1. The Morgan fingerprint density at radius 1 is 1.00 bits per heavy atom. The summed E-state index contributed by atoms with van der Waals surface area (Å²) < 4.78 is 14.6.